The van der Waals surface area contributed by atoms with Gasteiger partial charge in [-0.2, -0.15) is 0 Å². The van der Waals surface area contributed by atoms with Gasteiger partial charge in [0.25, 0.3) is 0 Å². The summed E-state index contributed by atoms with van der Waals surface area (Å²) in [4.78, 5) is 0. The summed E-state index contributed by atoms with van der Waals surface area (Å²) in [5, 5.41) is 0. The van der Waals surface area contributed by atoms with Gasteiger partial charge in [0.05, 0.1) is 0 Å². The lowest BCUT2D eigenvalue weighted by atomic mass is 9.83. The maximum absolute atomic E-state index is 2.41. The molecule has 1 aliphatic heterocycles. The third-order valence-electron chi connectivity index (χ3n) is 2.06. The van der Waals surface area contributed by atoms with Gasteiger partial charge in [0.15, 0.2) is 0 Å². The Morgan fingerprint density at radius 2 is 1.67 bits per heavy atom. The Balaban J connectivity index is 2.35. The van der Waals surface area contributed by atoms with Gasteiger partial charge in [0, 0.05) is 36.0 Å². The van der Waals surface area contributed by atoms with Crippen molar-refractivity contribution >= 4 is 22.9 Å². The van der Waals surface area contributed by atoms with Crippen molar-refractivity contribution in [3.63, 3.8) is 0 Å². The third-order valence-corrected chi connectivity index (χ3v) is 3.03. The van der Waals surface area contributed by atoms with E-state index in [-0.39, 0.29) is 0 Å². The first kappa shape index (κ1) is 7.79. The van der Waals surface area contributed by atoms with Crippen LogP contribution in [0, 0.1) is 5.41 Å². The number of nitrogens with zero attached hydrogens (tertiary/aromatic N) is 1. The van der Waals surface area contributed by atoms with Crippen molar-refractivity contribution in [2.24, 2.45) is 5.41 Å². The molecule has 1 aliphatic rings. The third kappa shape index (κ3) is 2.42. The molecule has 0 aromatic rings. The molecule has 0 spiro atoms. The molecule has 0 bridgehead atoms. The molecule has 1 nitrogen and oxygen atoms in total. The average molecular weight is 239 g/mol. The van der Waals surface area contributed by atoms with Crippen molar-refractivity contribution < 1.29 is 0 Å². The van der Waals surface area contributed by atoms with Gasteiger partial charge in [-0.1, -0.05) is 13.8 Å². The molecule has 0 atom stereocenters. The predicted octanol–water partition coefficient (Wildman–Crippen LogP) is 2.46. The highest BCUT2D eigenvalue weighted by molar-refractivity contribution is 14.1. The van der Waals surface area contributed by atoms with Crippen LogP contribution in [0.5, 0.6) is 0 Å². The summed E-state index contributed by atoms with van der Waals surface area (Å²) >= 11 is 2.41. The molecule has 1 fully saturated rings. The number of hydrogen-bond acceptors (Lipinski definition) is 1. The fourth-order valence-corrected chi connectivity index (χ4v) is 1.57. The fourth-order valence-electron chi connectivity index (χ4n) is 1.08. The zero-order valence-corrected chi connectivity index (χ0v) is 8.31. The van der Waals surface area contributed by atoms with E-state index in [1.165, 1.54) is 25.9 Å². The van der Waals surface area contributed by atoms with E-state index in [2.05, 4.69) is 39.8 Å². The molecular formula is C7H14IN. The summed E-state index contributed by atoms with van der Waals surface area (Å²) in [5.41, 5.74) is 0.613. The quantitative estimate of drug-likeness (QED) is 0.463. The second-order valence-corrected chi connectivity index (χ2v) is 4.94. The van der Waals surface area contributed by atoms with Gasteiger partial charge >= 0.3 is 0 Å². The van der Waals surface area contributed by atoms with Crippen LogP contribution in [-0.4, -0.2) is 16.2 Å². The molecular weight excluding hydrogens is 225 g/mol. The van der Waals surface area contributed by atoms with Gasteiger partial charge in [-0.15, -0.1) is 0 Å². The van der Waals surface area contributed by atoms with Crippen LogP contribution in [-0.2, 0) is 0 Å². The first-order chi connectivity index (χ1) is 4.10. The van der Waals surface area contributed by atoms with Crippen LogP contribution < -0.4 is 0 Å². The van der Waals surface area contributed by atoms with E-state index in [1.807, 2.05) is 0 Å². The summed E-state index contributed by atoms with van der Waals surface area (Å²) < 4.78 is 2.38. The SMILES string of the molecule is CC1(C)CCN(I)CC1. The van der Waals surface area contributed by atoms with E-state index in [0.717, 1.165) is 0 Å². The zero-order valence-electron chi connectivity index (χ0n) is 6.15. The van der Waals surface area contributed by atoms with Crippen molar-refractivity contribution in [3.8, 4) is 0 Å². The highest BCUT2D eigenvalue weighted by Gasteiger charge is 2.23. The smallest absolute Gasteiger partial charge is 0.0201 e. The highest BCUT2D eigenvalue weighted by atomic mass is 127. The molecule has 0 N–H and O–H groups in total. The van der Waals surface area contributed by atoms with E-state index in [4.69, 9.17) is 0 Å². The molecule has 0 aromatic carbocycles. The number of piperidine rings is 1. The minimum Gasteiger partial charge on any atom is -0.248 e. The molecule has 0 aromatic heterocycles. The molecule has 0 amide bonds. The lowest BCUT2D eigenvalue weighted by Gasteiger charge is -2.33. The van der Waals surface area contributed by atoms with Gasteiger partial charge in [0.1, 0.15) is 0 Å². The molecule has 1 heterocycles. The Hall–Kier alpha value is 0.690. The highest BCUT2D eigenvalue weighted by Crippen LogP contribution is 2.30. The van der Waals surface area contributed by atoms with Gasteiger partial charge < -0.3 is 0 Å². The summed E-state index contributed by atoms with van der Waals surface area (Å²) in [6.45, 7) is 7.26. The second kappa shape index (κ2) is 2.74. The molecule has 0 unspecified atom stereocenters. The predicted molar refractivity (Wildman–Crippen MR) is 48.6 cm³/mol. The Bertz CT molecular complexity index is 91.1. The largest absolute Gasteiger partial charge is 0.248 e. The van der Waals surface area contributed by atoms with E-state index in [9.17, 15) is 0 Å². The summed E-state index contributed by atoms with van der Waals surface area (Å²) in [6, 6.07) is 0. The van der Waals surface area contributed by atoms with Gasteiger partial charge in [-0.05, 0) is 18.3 Å². The topological polar surface area (TPSA) is 3.24 Å². The Kier molecular flexibility index (Phi) is 2.37. The van der Waals surface area contributed by atoms with Crippen LogP contribution in [0.2, 0.25) is 0 Å². The first-order valence-corrected chi connectivity index (χ1v) is 4.47. The van der Waals surface area contributed by atoms with Crippen molar-refractivity contribution in [2.75, 3.05) is 13.1 Å². The molecule has 0 radical (unpaired) electrons. The second-order valence-electron chi connectivity index (χ2n) is 3.57. The molecule has 0 saturated carbocycles. The van der Waals surface area contributed by atoms with Crippen molar-refractivity contribution in [1.82, 2.24) is 3.11 Å². The molecule has 1 saturated heterocycles. The molecule has 9 heavy (non-hydrogen) atoms. The normalized spacial score (nSPS) is 28.3. The van der Waals surface area contributed by atoms with Crippen LogP contribution in [0.15, 0.2) is 0 Å². The minimum absolute atomic E-state index is 0.613. The lowest BCUT2D eigenvalue weighted by molar-refractivity contribution is 0.216. The van der Waals surface area contributed by atoms with Crippen LogP contribution in [0.4, 0.5) is 0 Å². The van der Waals surface area contributed by atoms with Gasteiger partial charge in [-0.3, -0.25) is 0 Å². The van der Waals surface area contributed by atoms with Crippen LogP contribution in [0.3, 0.4) is 0 Å². The summed E-state index contributed by atoms with van der Waals surface area (Å²) in [5.74, 6) is 0. The van der Waals surface area contributed by atoms with Crippen LogP contribution >= 0.6 is 22.9 Å². The maximum atomic E-state index is 2.41. The summed E-state index contributed by atoms with van der Waals surface area (Å²) in [6.07, 6.45) is 2.71. The number of halogens is 1. The van der Waals surface area contributed by atoms with Crippen LogP contribution in [0.1, 0.15) is 26.7 Å². The lowest BCUT2D eigenvalue weighted by Crippen LogP contribution is -2.30. The van der Waals surface area contributed by atoms with Gasteiger partial charge in [0.2, 0.25) is 0 Å². The van der Waals surface area contributed by atoms with E-state index in [0.29, 0.717) is 5.41 Å². The van der Waals surface area contributed by atoms with Crippen molar-refractivity contribution in [2.45, 2.75) is 26.7 Å². The minimum atomic E-state index is 0.613. The molecule has 0 aliphatic carbocycles. The maximum Gasteiger partial charge on any atom is 0.0201 e. The first-order valence-electron chi connectivity index (χ1n) is 3.51. The van der Waals surface area contributed by atoms with Gasteiger partial charge in [-0.25, -0.2) is 3.11 Å². The monoisotopic (exact) mass is 239 g/mol. The Labute approximate surface area is 71.3 Å². The Morgan fingerprint density at radius 1 is 1.22 bits per heavy atom. The summed E-state index contributed by atoms with van der Waals surface area (Å²) in [7, 11) is 0. The Morgan fingerprint density at radius 3 is 2.00 bits per heavy atom. The fraction of sp³-hybridized carbons (Fsp3) is 1.00. The van der Waals surface area contributed by atoms with Crippen molar-refractivity contribution in [1.29, 1.82) is 0 Å². The standard InChI is InChI=1S/C7H14IN/c1-7(2)3-5-9(8)6-4-7/h3-6H2,1-2H3. The van der Waals surface area contributed by atoms with Crippen molar-refractivity contribution in [3.05, 3.63) is 0 Å². The van der Waals surface area contributed by atoms with E-state index < -0.39 is 0 Å². The molecule has 54 valence electrons. The number of hydrogen-bond donors (Lipinski definition) is 0. The zero-order chi connectivity index (χ0) is 6.91. The van der Waals surface area contributed by atoms with Crippen LogP contribution in [0.25, 0.3) is 0 Å². The van der Waals surface area contributed by atoms with E-state index >= 15 is 0 Å². The number of rotatable bonds is 0. The molecule has 2 heteroatoms. The van der Waals surface area contributed by atoms with E-state index in [1.54, 1.807) is 0 Å². The molecule has 1 rings (SSSR count). The average Bonchev–Trinajstić information content (AvgIpc) is 1.78.